The number of phenols is 27. The highest BCUT2D eigenvalue weighted by Gasteiger charge is 2.40. The van der Waals surface area contributed by atoms with E-state index in [-0.39, 0.29) is 0 Å². The smallest absolute Gasteiger partial charge is 0.208 e. The van der Waals surface area contributed by atoms with E-state index in [0.29, 0.717) is 0 Å². The van der Waals surface area contributed by atoms with Crippen LogP contribution in [0.5, 0.6) is 155 Å². The average molecular weight is 976 g/mol. The Hall–Kier alpha value is -10.8. The maximum absolute atomic E-state index is 12.2. The van der Waals surface area contributed by atoms with Crippen molar-refractivity contribution in [2.75, 3.05) is 0 Å². The van der Waals surface area contributed by atoms with E-state index >= 15 is 0 Å². The van der Waals surface area contributed by atoms with Crippen LogP contribution in [0.1, 0.15) is 0 Å². The molecule has 0 amide bonds. The standard InChI is InChI=1S/C42H29BO27/c43-15-7(17(45)11(14-30(58)39(67)42(70)40(68)31(14)59)18(46)8(15)10-27(55)37(65)41(69)38(66)28(10)56)9-19(47)13(29(57)32(60)26(9)54)12-16(44)1-2(20(48)25(12)53)4-6(24(52)36(64)34(62)22(4)50)5-3(1)21(49)33(61)35(63)23(5)51/h44-70H,43H2. The summed E-state index contributed by atoms with van der Waals surface area (Å²) < 4.78 is 0. The van der Waals surface area contributed by atoms with Gasteiger partial charge in [-0.1, -0.05) is 5.46 Å². The van der Waals surface area contributed by atoms with Gasteiger partial charge >= 0.3 is 0 Å². The predicted molar refractivity (Wildman–Crippen MR) is 234 cm³/mol. The maximum Gasteiger partial charge on any atom is 0.208 e. The molecule has 0 atom stereocenters. The van der Waals surface area contributed by atoms with Crippen LogP contribution in [-0.4, -0.2) is 146 Å². The van der Waals surface area contributed by atoms with Gasteiger partial charge in [-0.05, 0) is 0 Å². The molecule has 362 valence electrons. The first-order valence-corrected chi connectivity index (χ1v) is 18.8. The molecule has 0 aliphatic rings. The minimum Gasteiger partial charge on any atom is -0.507 e. The van der Waals surface area contributed by atoms with Crippen LogP contribution < -0.4 is 5.46 Å². The lowest BCUT2D eigenvalue weighted by Gasteiger charge is -2.25. The van der Waals surface area contributed by atoms with Crippen molar-refractivity contribution in [2.45, 2.75) is 0 Å². The molecule has 70 heavy (non-hydrogen) atoms. The number of rotatable bonds is 4. The molecule has 0 unspecified atom stereocenters. The van der Waals surface area contributed by atoms with E-state index in [4.69, 9.17) is 0 Å². The van der Waals surface area contributed by atoms with Crippen molar-refractivity contribution < 1.29 is 138 Å². The minimum absolute atomic E-state index is 0.738. The highest BCUT2D eigenvalue weighted by Crippen LogP contribution is 2.68. The van der Waals surface area contributed by atoms with E-state index in [2.05, 4.69) is 0 Å². The highest BCUT2D eigenvalue weighted by atomic mass is 16.4. The van der Waals surface area contributed by atoms with Gasteiger partial charge in [0, 0.05) is 43.4 Å². The third-order valence-electron chi connectivity index (χ3n) is 11.8. The summed E-state index contributed by atoms with van der Waals surface area (Å²) in [4.78, 5) is 0. The zero-order valence-corrected chi connectivity index (χ0v) is 34.1. The molecule has 0 radical (unpaired) electrons. The number of aromatic hydroxyl groups is 27. The topological polar surface area (TPSA) is 546 Å². The van der Waals surface area contributed by atoms with Gasteiger partial charge in [0.1, 0.15) is 30.8 Å². The summed E-state index contributed by atoms with van der Waals surface area (Å²) in [5.41, 5.74) is -12.7. The molecule has 8 rings (SSSR count). The van der Waals surface area contributed by atoms with Gasteiger partial charge in [-0.2, -0.15) is 0 Å². The first-order chi connectivity index (χ1) is 32.5. The molecular weight excluding hydrogens is 947 g/mol. The second kappa shape index (κ2) is 14.4. The molecule has 0 spiro atoms. The Balaban J connectivity index is 1.64. The molecule has 0 aliphatic carbocycles. The number of fused-ring (bicyclic) bond motifs is 6. The van der Waals surface area contributed by atoms with Crippen molar-refractivity contribution >= 4 is 45.6 Å². The molecule has 8 aromatic rings. The van der Waals surface area contributed by atoms with Crippen LogP contribution in [0.2, 0.25) is 0 Å². The Bertz CT molecular complexity index is 3610. The molecule has 0 aromatic heterocycles. The van der Waals surface area contributed by atoms with Gasteiger partial charge in [-0.25, -0.2) is 0 Å². The third-order valence-corrected chi connectivity index (χ3v) is 11.8. The Morgan fingerprint density at radius 2 is 0.257 bits per heavy atom. The van der Waals surface area contributed by atoms with Gasteiger partial charge in [-0.15, -0.1) is 0 Å². The van der Waals surface area contributed by atoms with Gasteiger partial charge in [0.25, 0.3) is 0 Å². The molecule has 0 saturated heterocycles. The van der Waals surface area contributed by atoms with Crippen LogP contribution >= 0.6 is 0 Å². The zero-order chi connectivity index (χ0) is 52.2. The van der Waals surface area contributed by atoms with Crippen LogP contribution in [0.25, 0.3) is 76.8 Å². The van der Waals surface area contributed by atoms with Crippen LogP contribution in [0.15, 0.2) is 0 Å². The van der Waals surface area contributed by atoms with Gasteiger partial charge in [-0.3, -0.25) is 0 Å². The molecule has 0 fully saturated rings. The number of phenolic OH excluding ortho intramolecular Hbond substituents is 27. The van der Waals surface area contributed by atoms with Gasteiger partial charge in [0.15, 0.2) is 69.0 Å². The van der Waals surface area contributed by atoms with Gasteiger partial charge < -0.3 is 138 Å². The second-order valence-corrected chi connectivity index (χ2v) is 15.3. The number of hydrogen-bond acceptors (Lipinski definition) is 27. The fourth-order valence-electron chi connectivity index (χ4n) is 8.51. The van der Waals surface area contributed by atoms with Crippen molar-refractivity contribution in [3.63, 3.8) is 0 Å². The predicted octanol–water partition coefficient (Wildman–Crippen LogP) is 2.12. The molecular formula is C42H29BO27. The van der Waals surface area contributed by atoms with E-state index in [0.717, 1.165) is 7.85 Å². The summed E-state index contributed by atoms with van der Waals surface area (Å²) in [6.07, 6.45) is 0. The number of benzene rings is 8. The molecule has 0 saturated carbocycles. The van der Waals surface area contributed by atoms with Gasteiger partial charge in [0.05, 0.1) is 33.4 Å². The van der Waals surface area contributed by atoms with Gasteiger partial charge in [0.2, 0.25) is 63.2 Å². The lowest BCUT2D eigenvalue weighted by molar-refractivity contribution is 0.329. The number of hydrogen-bond donors (Lipinski definition) is 27. The highest BCUT2D eigenvalue weighted by molar-refractivity contribution is 6.42. The maximum atomic E-state index is 12.2. The summed E-state index contributed by atoms with van der Waals surface area (Å²) in [7, 11) is 0.738. The molecule has 0 bridgehead atoms. The van der Waals surface area contributed by atoms with Crippen molar-refractivity contribution in [3.8, 4) is 200 Å². The van der Waals surface area contributed by atoms with E-state index in [1.165, 1.54) is 0 Å². The second-order valence-electron chi connectivity index (χ2n) is 15.3. The summed E-state index contributed by atoms with van der Waals surface area (Å²) in [5, 5.41) is 291. The SMILES string of the molecule is Bc1c(-c2c(O)c(O)c(O)c(O)c2O)c(O)c(-c2c(O)c(O)c(O)c(O)c2O)c(O)c1-c1c(O)c(O)c(O)c(-c2c(O)c(O)c3c4c(O)c(O)c(O)c(O)c4c4c(O)c(O)c(O)c(O)c4c3c2O)c1O. The fourth-order valence-corrected chi connectivity index (χ4v) is 8.51. The summed E-state index contributed by atoms with van der Waals surface area (Å²) in [6, 6.07) is 0. The van der Waals surface area contributed by atoms with E-state index < -0.39 is 238 Å². The first-order valence-electron chi connectivity index (χ1n) is 18.8. The third kappa shape index (κ3) is 5.27. The van der Waals surface area contributed by atoms with Crippen LogP contribution in [0.4, 0.5) is 0 Å². The average Bonchev–Trinajstić information content (AvgIpc) is 3.32. The summed E-state index contributed by atoms with van der Waals surface area (Å²) >= 11 is 0. The lowest BCUT2D eigenvalue weighted by Crippen LogP contribution is -2.13. The van der Waals surface area contributed by atoms with E-state index in [1.807, 2.05) is 0 Å². The Morgan fingerprint density at radius 1 is 0.129 bits per heavy atom. The molecule has 27 N–H and O–H groups in total. The fraction of sp³-hybridized carbons (Fsp3) is 0. The first kappa shape index (κ1) is 45.8. The van der Waals surface area contributed by atoms with E-state index in [9.17, 15) is 138 Å². The molecule has 0 heterocycles. The minimum atomic E-state index is -1.86. The van der Waals surface area contributed by atoms with Crippen LogP contribution in [-0.2, 0) is 0 Å². The van der Waals surface area contributed by atoms with Crippen molar-refractivity contribution in [3.05, 3.63) is 0 Å². The van der Waals surface area contributed by atoms with Crippen molar-refractivity contribution in [2.24, 2.45) is 0 Å². The normalized spacial score (nSPS) is 11.6. The molecule has 8 aromatic carbocycles. The molecule has 28 heteroatoms. The summed E-state index contributed by atoms with van der Waals surface area (Å²) in [6.45, 7) is 0. The quantitative estimate of drug-likeness (QED) is 0.0519. The van der Waals surface area contributed by atoms with Crippen molar-refractivity contribution in [1.29, 1.82) is 0 Å². The molecule has 0 aliphatic heterocycles. The molecule has 27 nitrogen and oxygen atoms in total. The Labute approximate surface area is 382 Å². The zero-order valence-electron chi connectivity index (χ0n) is 34.1. The monoisotopic (exact) mass is 976 g/mol. The Kier molecular flexibility index (Phi) is 9.38. The Morgan fingerprint density at radius 3 is 0.557 bits per heavy atom. The largest absolute Gasteiger partial charge is 0.507 e. The van der Waals surface area contributed by atoms with Crippen LogP contribution in [0.3, 0.4) is 0 Å². The summed E-state index contributed by atoms with van der Waals surface area (Å²) in [5.74, 6) is -45.1. The van der Waals surface area contributed by atoms with Crippen molar-refractivity contribution in [1.82, 2.24) is 0 Å². The van der Waals surface area contributed by atoms with E-state index in [1.54, 1.807) is 0 Å². The lowest BCUT2D eigenvalue weighted by atomic mass is 9.75. The van der Waals surface area contributed by atoms with Crippen LogP contribution in [0, 0.1) is 0 Å².